The first-order valence-corrected chi connectivity index (χ1v) is 14.2. The molecule has 9 nitrogen and oxygen atoms in total. The maximum Gasteiger partial charge on any atom is 0.416 e. The average molecular weight is 678 g/mol. The fourth-order valence-corrected chi connectivity index (χ4v) is 5.28. The molecule has 1 aliphatic rings. The normalized spacial score (nSPS) is 17.0. The lowest BCUT2D eigenvalue weighted by atomic mass is 9.87. The van der Waals surface area contributed by atoms with Crippen molar-refractivity contribution >= 4 is 17.7 Å². The zero-order valence-corrected chi connectivity index (χ0v) is 25.1. The van der Waals surface area contributed by atoms with Crippen LogP contribution in [-0.4, -0.2) is 38.4 Å². The second kappa shape index (κ2) is 13.3. The molecule has 0 aliphatic carbocycles. The zero-order chi connectivity index (χ0) is 34.9. The summed E-state index contributed by atoms with van der Waals surface area (Å²) in [5.74, 6) is -0.338. The molecule has 0 spiro atoms. The number of nitrogens with zero attached hydrogens (tertiary/aromatic N) is 7. The van der Waals surface area contributed by atoms with Gasteiger partial charge in [-0.2, -0.15) is 49.6 Å². The SMILES string of the molecule is CC[C@@H]1C[C@H](N(Cc2cc(C(F)(F)F)cc(C(F)(F)F)c2)c2nnn(CCC#N)n2)c2cc(C(F)(F)F)ccc2N1C(=O)OC(C)C. The maximum absolute atomic E-state index is 14.0. The van der Waals surface area contributed by atoms with E-state index in [1.54, 1.807) is 20.8 Å². The fraction of sp³-hybridized carbons (Fsp3) is 0.483. The Labute approximate surface area is 262 Å². The van der Waals surface area contributed by atoms with Crippen LogP contribution in [-0.2, 0) is 36.4 Å². The molecule has 0 unspecified atom stereocenters. The molecule has 18 heteroatoms. The molecule has 4 rings (SSSR count). The Kier molecular flexibility index (Phi) is 9.97. The highest BCUT2D eigenvalue weighted by Gasteiger charge is 2.43. The third-order valence-corrected chi connectivity index (χ3v) is 7.34. The largest absolute Gasteiger partial charge is 0.446 e. The van der Waals surface area contributed by atoms with Gasteiger partial charge in [-0.05, 0) is 79.4 Å². The fourth-order valence-electron chi connectivity index (χ4n) is 5.28. The van der Waals surface area contributed by atoms with Crippen LogP contribution < -0.4 is 9.80 Å². The predicted octanol–water partition coefficient (Wildman–Crippen LogP) is 7.92. The number of fused-ring (bicyclic) bond motifs is 1. The summed E-state index contributed by atoms with van der Waals surface area (Å²) in [6.45, 7) is 4.03. The number of ether oxygens (including phenoxy) is 1. The van der Waals surface area contributed by atoms with Crippen LogP contribution in [0.5, 0.6) is 0 Å². The molecule has 2 aromatic carbocycles. The Morgan fingerprint density at radius 2 is 1.62 bits per heavy atom. The second-order valence-corrected chi connectivity index (χ2v) is 11.0. The van der Waals surface area contributed by atoms with Crippen molar-refractivity contribution in [2.24, 2.45) is 0 Å². The molecular weight excluding hydrogens is 649 g/mol. The Morgan fingerprint density at radius 3 is 2.15 bits per heavy atom. The molecule has 0 saturated heterocycles. The minimum absolute atomic E-state index is 0.00588. The number of benzene rings is 2. The van der Waals surface area contributed by atoms with Crippen LogP contribution in [0.15, 0.2) is 36.4 Å². The summed E-state index contributed by atoms with van der Waals surface area (Å²) in [6.07, 6.45) is -16.6. The first kappa shape index (κ1) is 35.3. The van der Waals surface area contributed by atoms with Crippen LogP contribution >= 0.6 is 0 Å². The lowest BCUT2D eigenvalue weighted by molar-refractivity contribution is -0.143. The van der Waals surface area contributed by atoms with Crippen molar-refractivity contribution in [1.82, 2.24) is 20.2 Å². The predicted molar refractivity (Wildman–Crippen MR) is 148 cm³/mol. The molecule has 1 aliphatic heterocycles. The van der Waals surface area contributed by atoms with Crippen molar-refractivity contribution in [3.8, 4) is 6.07 Å². The highest BCUT2D eigenvalue weighted by atomic mass is 19.4. The van der Waals surface area contributed by atoms with E-state index in [1.165, 1.54) is 4.90 Å². The summed E-state index contributed by atoms with van der Waals surface area (Å²) >= 11 is 0. The number of hydrogen-bond acceptors (Lipinski definition) is 7. The van der Waals surface area contributed by atoms with E-state index in [1.807, 2.05) is 6.07 Å². The van der Waals surface area contributed by atoms with Crippen LogP contribution in [0.3, 0.4) is 0 Å². The molecule has 47 heavy (non-hydrogen) atoms. The topological polar surface area (TPSA) is 100 Å². The smallest absolute Gasteiger partial charge is 0.416 e. The molecule has 2 atom stereocenters. The number of aryl methyl sites for hydroxylation is 1. The third kappa shape index (κ3) is 8.06. The highest BCUT2D eigenvalue weighted by Crippen LogP contribution is 2.46. The average Bonchev–Trinajstić information content (AvgIpc) is 3.44. The van der Waals surface area contributed by atoms with E-state index in [9.17, 15) is 44.3 Å². The van der Waals surface area contributed by atoms with Crippen molar-refractivity contribution in [3.05, 3.63) is 64.2 Å². The Bertz CT molecular complexity index is 1600. The Hall–Kier alpha value is -4.56. The van der Waals surface area contributed by atoms with E-state index in [0.29, 0.717) is 12.1 Å². The molecule has 0 radical (unpaired) electrons. The standard InChI is InChI=1S/C29H28F9N7O2/c1-4-21-14-24(22-13-18(27(30,31)32)6-7-23(22)45(21)26(46)47-16(2)3)43(25-40-42-44(41-25)9-5-8-39)15-17-10-19(28(33,34)35)12-20(11-17)29(36,37)38/h6-7,10-13,16,21,24H,4-5,9,14-15H2,1-3H3/t21-,24+/m1/s1. The number of amides is 1. The number of carbonyl (C=O) groups excluding carboxylic acids is 1. The van der Waals surface area contributed by atoms with Crippen molar-refractivity contribution in [2.45, 2.75) is 89.8 Å². The van der Waals surface area contributed by atoms with Crippen molar-refractivity contribution in [2.75, 3.05) is 9.80 Å². The molecule has 2 heterocycles. The van der Waals surface area contributed by atoms with Gasteiger partial charge in [0.25, 0.3) is 5.95 Å². The van der Waals surface area contributed by atoms with Crippen molar-refractivity contribution in [1.29, 1.82) is 5.26 Å². The first-order chi connectivity index (χ1) is 21.8. The van der Waals surface area contributed by atoms with E-state index in [-0.39, 0.29) is 49.1 Å². The van der Waals surface area contributed by atoms with Gasteiger partial charge in [-0.1, -0.05) is 12.0 Å². The van der Waals surface area contributed by atoms with Gasteiger partial charge in [0.2, 0.25) is 0 Å². The van der Waals surface area contributed by atoms with E-state index >= 15 is 0 Å². The third-order valence-electron chi connectivity index (χ3n) is 7.34. The molecule has 1 aromatic heterocycles. The van der Waals surface area contributed by atoms with E-state index < -0.39 is 71.6 Å². The van der Waals surface area contributed by atoms with Gasteiger partial charge in [0, 0.05) is 12.6 Å². The number of hydrogen-bond donors (Lipinski definition) is 0. The van der Waals surface area contributed by atoms with Crippen LogP contribution in [0.1, 0.15) is 73.9 Å². The molecule has 3 aromatic rings. The monoisotopic (exact) mass is 677 g/mol. The number of anilines is 2. The molecule has 0 bridgehead atoms. The minimum atomic E-state index is -5.16. The molecule has 0 fully saturated rings. The van der Waals surface area contributed by atoms with Crippen LogP contribution in [0.2, 0.25) is 0 Å². The lowest BCUT2D eigenvalue weighted by Gasteiger charge is -2.44. The first-order valence-electron chi connectivity index (χ1n) is 14.2. The van der Waals surface area contributed by atoms with Gasteiger partial charge in [-0.3, -0.25) is 4.90 Å². The van der Waals surface area contributed by atoms with Crippen molar-refractivity contribution in [3.63, 3.8) is 0 Å². The zero-order valence-electron chi connectivity index (χ0n) is 25.1. The van der Waals surface area contributed by atoms with Crippen LogP contribution in [0.4, 0.5) is 55.9 Å². The second-order valence-electron chi connectivity index (χ2n) is 11.0. The van der Waals surface area contributed by atoms with Gasteiger partial charge in [-0.15, -0.1) is 5.10 Å². The summed E-state index contributed by atoms with van der Waals surface area (Å²) in [7, 11) is 0. The maximum atomic E-state index is 14.0. The lowest BCUT2D eigenvalue weighted by Crippen LogP contribution is -2.48. The van der Waals surface area contributed by atoms with Crippen molar-refractivity contribution < 1.29 is 49.0 Å². The van der Waals surface area contributed by atoms with Crippen LogP contribution in [0.25, 0.3) is 0 Å². The number of aromatic nitrogens is 4. The van der Waals surface area contributed by atoms with Gasteiger partial charge < -0.3 is 9.64 Å². The number of nitriles is 1. The van der Waals surface area contributed by atoms with Gasteiger partial charge in [0.1, 0.15) is 0 Å². The molecule has 1 amide bonds. The summed E-state index contributed by atoms with van der Waals surface area (Å²) in [5, 5.41) is 20.8. The Balaban J connectivity index is 1.95. The van der Waals surface area contributed by atoms with E-state index in [2.05, 4.69) is 15.4 Å². The quantitative estimate of drug-likeness (QED) is 0.223. The highest BCUT2D eigenvalue weighted by molar-refractivity contribution is 5.90. The number of carbonyl (C=O) groups is 1. The number of rotatable bonds is 8. The minimum Gasteiger partial charge on any atom is -0.446 e. The molecular formula is C29H28F9N7O2. The van der Waals surface area contributed by atoms with E-state index in [0.717, 1.165) is 27.9 Å². The summed E-state index contributed by atoms with van der Waals surface area (Å²) in [5.41, 5.74) is -4.92. The summed E-state index contributed by atoms with van der Waals surface area (Å²) < 4.78 is 130. The summed E-state index contributed by atoms with van der Waals surface area (Å²) in [4.78, 5) is 16.5. The number of halogens is 9. The van der Waals surface area contributed by atoms with Crippen LogP contribution in [0, 0.1) is 11.3 Å². The van der Waals surface area contributed by atoms with E-state index in [4.69, 9.17) is 10.00 Å². The number of tetrazole rings is 1. The number of alkyl halides is 9. The van der Waals surface area contributed by atoms with Gasteiger partial charge in [0.05, 0.1) is 53.6 Å². The molecule has 254 valence electrons. The van der Waals surface area contributed by atoms with Gasteiger partial charge in [0.15, 0.2) is 0 Å². The molecule has 0 saturated carbocycles. The molecule has 0 N–H and O–H groups in total. The Morgan fingerprint density at radius 1 is 1.00 bits per heavy atom. The van der Waals surface area contributed by atoms with Gasteiger partial charge in [-0.25, -0.2) is 4.79 Å². The van der Waals surface area contributed by atoms with Gasteiger partial charge >= 0.3 is 24.6 Å². The summed E-state index contributed by atoms with van der Waals surface area (Å²) in [6, 6.07) is 3.47.